The molecule has 0 fully saturated rings. The van der Waals surface area contributed by atoms with Gasteiger partial charge in [-0.3, -0.25) is 0 Å². The summed E-state index contributed by atoms with van der Waals surface area (Å²) in [4.78, 5) is 21.2. The molecule has 0 aliphatic rings. The quantitative estimate of drug-likeness (QED) is 0.452. The Morgan fingerprint density at radius 2 is 1.67 bits per heavy atom. The van der Waals surface area contributed by atoms with Gasteiger partial charge in [0.25, 0.3) is 0 Å². The Morgan fingerprint density at radius 1 is 1.00 bits per heavy atom. The molecule has 3 aromatic rings. The Morgan fingerprint density at radius 3 is 2.33 bits per heavy atom. The molecule has 0 aliphatic heterocycles. The number of fused-ring (bicyclic) bond motifs is 1. The Balaban J connectivity index is 2.34. The minimum Gasteiger partial charge on any atom is -0.512 e. The Kier molecular flexibility index (Phi) is 4.24. The summed E-state index contributed by atoms with van der Waals surface area (Å²) in [6, 6.07) is 16.8. The summed E-state index contributed by atoms with van der Waals surface area (Å²) in [7, 11) is 1.27. The number of benzene rings is 2. The van der Waals surface area contributed by atoms with E-state index in [2.05, 4.69) is 9.97 Å². The number of hydrogen-bond acceptors (Lipinski definition) is 5. The molecule has 2 aromatic carbocycles. The van der Waals surface area contributed by atoms with Crippen molar-refractivity contribution in [2.45, 2.75) is 6.92 Å². The number of methoxy groups -OCH3 is 1. The lowest BCUT2D eigenvalue weighted by Crippen LogP contribution is -2.09. The minimum absolute atomic E-state index is 0.0354. The van der Waals surface area contributed by atoms with Crippen LogP contribution in [0.25, 0.3) is 27.9 Å². The zero-order valence-corrected chi connectivity index (χ0v) is 13.4. The third kappa shape index (κ3) is 2.84. The maximum atomic E-state index is 12.1. The average molecular weight is 320 g/mol. The van der Waals surface area contributed by atoms with Crippen LogP contribution in [-0.4, -0.2) is 28.2 Å². The molecule has 0 saturated carbocycles. The number of ether oxygens (including phenoxy) is 1. The summed E-state index contributed by atoms with van der Waals surface area (Å²) in [5.41, 5.74) is 1.90. The minimum atomic E-state index is -0.641. The molecule has 1 N–H and O–H groups in total. The molecular weight excluding hydrogens is 304 g/mol. The van der Waals surface area contributed by atoms with Gasteiger partial charge in [-0.05, 0) is 13.0 Å². The monoisotopic (exact) mass is 320 g/mol. The lowest BCUT2D eigenvalue weighted by Gasteiger charge is -2.11. The first-order valence-corrected chi connectivity index (χ1v) is 7.42. The van der Waals surface area contributed by atoms with Gasteiger partial charge in [0.05, 0.1) is 18.3 Å². The standard InChI is InChI=1S/C19H16N2O3/c1-12(22)16(19(23)24-2)17-14-10-6-7-11-15(14)20-18(21-17)13-8-4-3-5-9-13/h3-11,22H,1-2H3/b16-12-. The van der Waals surface area contributed by atoms with Crippen LogP contribution in [0.4, 0.5) is 0 Å². The molecule has 1 aromatic heterocycles. The molecule has 0 bridgehead atoms. The molecule has 5 heteroatoms. The van der Waals surface area contributed by atoms with Gasteiger partial charge in [-0.15, -0.1) is 0 Å². The van der Waals surface area contributed by atoms with Crippen LogP contribution in [0.15, 0.2) is 60.4 Å². The van der Waals surface area contributed by atoms with Gasteiger partial charge in [0.2, 0.25) is 0 Å². The van der Waals surface area contributed by atoms with E-state index in [1.165, 1.54) is 14.0 Å². The summed E-state index contributed by atoms with van der Waals surface area (Å²) >= 11 is 0. The highest BCUT2D eigenvalue weighted by Crippen LogP contribution is 2.28. The third-order valence-corrected chi connectivity index (χ3v) is 3.62. The van der Waals surface area contributed by atoms with Gasteiger partial charge in [0.15, 0.2) is 5.82 Å². The van der Waals surface area contributed by atoms with Gasteiger partial charge in [-0.2, -0.15) is 0 Å². The number of carbonyl (C=O) groups is 1. The van der Waals surface area contributed by atoms with E-state index in [-0.39, 0.29) is 11.3 Å². The maximum absolute atomic E-state index is 12.1. The highest BCUT2D eigenvalue weighted by atomic mass is 16.5. The second-order valence-corrected chi connectivity index (χ2v) is 5.23. The molecule has 0 amide bonds. The number of aromatic nitrogens is 2. The summed E-state index contributed by atoms with van der Waals surface area (Å²) in [6.07, 6.45) is 0. The topological polar surface area (TPSA) is 72.3 Å². The molecule has 0 saturated heterocycles. The lowest BCUT2D eigenvalue weighted by molar-refractivity contribution is -0.133. The average Bonchev–Trinajstić information content (AvgIpc) is 2.62. The zero-order valence-electron chi connectivity index (χ0n) is 13.4. The second-order valence-electron chi connectivity index (χ2n) is 5.23. The van der Waals surface area contributed by atoms with Crippen molar-refractivity contribution < 1.29 is 14.6 Å². The maximum Gasteiger partial charge on any atom is 0.343 e. The van der Waals surface area contributed by atoms with Crippen molar-refractivity contribution in [1.29, 1.82) is 0 Å². The van der Waals surface area contributed by atoms with Crippen LogP contribution in [0, 0.1) is 0 Å². The number of allylic oxidation sites excluding steroid dienone is 1. The van der Waals surface area contributed by atoms with E-state index in [4.69, 9.17) is 4.74 Å². The molecule has 24 heavy (non-hydrogen) atoms. The van der Waals surface area contributed by atoms with Crippen LogP contribution >= 0.6 is 0 Å². The molecule has 120 valence electrons. The van der Waals surface area contributed by atoms with Crippen LogP contribution in [0.5, 0.6) is 0 Å². The number of nitrogens with zero attached hydrogens (tertiary/aromatic N) is 2. The molecule has 1 heterocycles. The largest absolute Gasteiger partial charge is 0.512 e. The zero-order chi connectivity index (χ0) is 17.1. The van der Waals surface area contributed by atoms with Crippen molar-refractivity contribution in [3.05, 3.63) is 66.1 Å². The molecule has 0 aliphatic carbocycles. The van der Waals surface area contributed by atoms with Crippen molar-refractivity contribution in [2.24, 2.45) is 0 Å². The van der Waals surface area contributed by atoms with Crippen LogP contribution in [0.2, 0.25) is 0 Å². The molecule has 0 atom stereocenters. The SMILES string of the molecule is COC(=O)/C(=C(/C)O)c1nc(-c2ccccc2)nc2ccccc12. The van der Waals surface area contributed by atoms with Crippen molar-refractivity contribution in [3.63, 3.8) is 0 Å². The highest BCUT2D eigenvalue weighted by molar-refractivity contribution is 6.19. The molecule has 0 spiro atoms. The van der Waals surface area contributed by atoms with Gasteiger partial charge in [-0.25, -0.2) is 14.8 Å². The molecule has 0 unspecified atom stereocenters. The summed E-state index contributed by atoms with van der Waals surface area (Å²) in [5, 5.41) is 10.7. The fourth-order valence-electron chi connectivity index (χ4n) is 2.50. The van der Waals surface area contributed by atoms with Gasteiger partial charge >= 0.3 is 5.97 Å². The molecule has 3 rings (SSSR count). The first-order chi connectivity index (χ1) is 11.6. The van der Waals surface area contributed by atoms with Gasteiger partial charge < -0.3 is 9.84 Å². The second kappa shape index (κ2) is 6.50. The van der Waals surface area contributed by atoms with E-state index >= 15 is 0 Å². The Hall–Kier alpha value is -3.21. The van der Waals surface area contributed by atoms with Gasteiger partial charge in [-0.1, -0.05) is 48.5 Å². The summed E-state index contributed by atoms with van der Waals surface area (Å²) in [6.45, 7) is 1.44. The Bertz CT molecular complexity index is 930. The number of para-hydroxylation sites is 1. The fraction of sp³-hybridized carbons (Fsp3) is 0.105. The van der Waals surface area contributed by atoms with Crippen molar-refractivity contribution in [3.8, 4) is 11.4 Å². The van der Waals surface area contributed by atoms with E-state index in [1.54, 1.807) is 0 Å². The Labute approximate surface area is 139 Å². The van der Waals surface area contributed by atoms with E-state index in [1.807, 2.05) is 54.6 Å². The summed E-state index contributed by atoms with van der Waals surface area (Å²) < 4.78 is 4.81. The first kappa shape index (κ1) is 15.7. The van der Waals surface area contributed by atoms with Crippen LogP contribution < -0.4 is 0 Å². The number of esters is 1. The van der Waals surface area contributed by atoms with E-state index < -0.39 is 5.97 Å². The van der Waals surface area contributed by atoms with Crippen molar-refractivity contribution >= 4 is 22.4 Å². The predicted molar refractivity (Wildman–Crippen MR) is 92.2 cm³/mol. The molecule has 0 radical (unpaired) electrons. The van der Waals surface area contributed by atoms with E-state index in [9.17, 15) is 9.90 Å². The fourth-order valence-corrected chi connectivity index (χ4v) is 2.50. The summed E-state index contributed by atoms with van der Waals surface area (Å²) in [5.74, 6) is -0.311. The van der Waals surface area contributed by atoms with Crippen LogP contribution in [0.3, 0.4) is 0 Å². The molecular formula is C19H16N2O3. The number of carbonyl (C=O) groups excluding carboxylic acids is 1. The number of hydrogen-bond donors (Lipinski definition) is 1. The van der Waals surface area contributed by atoms with Gasteiger partial charge in [0.1, 0.15) is 11.3 Å². The van der Waals surface area contributed by atoms with Crippen molar-refractivity contribution in [1.82, 2.24) is 9.97 Å². The van der Waals surface area contributed by atoms with E-state index in [0.717, 1.165) is 5.56 Å². The number of aliphatic hydroxyl groups excluding tert-OH is 1. The van der Waals surface area contributed by atoms with Crippen LogP contribution in [0.1, 0.15) is 12.6 Å². The first-order valence-electron chi connectivity index (χ1n) is 7.42. The van der Waals surface area contributed by atoms with Crippen LogP contribution in [-0.2, 0) is 9.53 Å². The molecule has 5 nitrogen and oxygen atoms in total. The lowest BCUT2D eigenvalue weighted by atomic mass is 10.0. The van der Waals surface area contributed by atoms with Crippen molar-refractivity contribution in [2.75, 3.05) is 7.11 Å². The predicted octanol–water partition coefficient (Wildman–Crippen LogP) is 3.76. The normalized spacial score (nSPS) is 11.9. The number of rotatable bonds is 3. The smallest absolute Gasteiger partial charge is 0.343 e. The van der Waals surface area contributed by atoms with E-state index in [0.29, 0.717) is 22.4 Å². The number of aliphatic hydroxyl groups is 1. The third-order valence-electron chi connectivity index (χ3n) is 3.62. The highest BCUT2D eigenvalue weighted by Gasteiger charge is 2.22. The van der Waals surface area contributed by atoms with Gasteiger partial charge in [0, 0.05) is 10.9 Å².